The Morgan fingerprint density at radius 3 is 2.29 bits per heavy atom. The van der Waals surface area contributed by atoms with E-state index in [1.165, 1.54) is 0 Å². The molecular formula is C16H23N3O2. The molecule has 1 saturated heterocycles. The first-order valence-electron chi connectivity index (χ1n) is 7.54. The largest absolute Gasteiger partial charge is 0.339 e. The minimum Gasteiger partial charge on any atom is -0.339 e. The predicted octanol–water partition coefficient (Wildman–Crippen LogP) is 1.72. The third kappa shape index (κ3) is 4.04. The Morgan fingerprint density at radius 1 is 1.19 bits per heavy atom. The van der Waals surface area contributed by atoms with Crippen LogP contribution >= 0.6 is 0 Å². The first-order valence-corrected chi connectivity index (χ1v) is 7.54. The number of hydrogen-bond donors (Lipinski definition) is 2. The van der Waals surface area contributed by atoms with Gasteiger partial charge in [-0.2, -0.15) is 0 Å². The lowest BCUT2D eigenvalue weighted by Gasteiger charge is -2.26. The number of hydrogen-bond acceptors (Lipinski definition) is 3. The Bertz CT molecular complexity index is 491. The van der Waals surface area contributed by atoms with Crippen molar-refractivity contribution in [3.05, 3.63) is 29.8 Å². The number of benzene rings is 1. The van der Waals surface area contributed by atoms with Crippen molar-refractivity contribution < 1.29 is 9.59 Å². The Morgan fingerprint density at radius 2 is 1.81 bits per heavy atom. The van der Waals surface area contributed by atoms with E-state index in [9.17, 15) is 9.59 Å². The van der Waals surface area contributed by atoms with Crippen molar-refractivity contribution in [1.82, 2.24) is 10.2 Å². The number of carbonyl (C=O) groups excluding carboxylic acids is 2. The lowest BCUT2D eigenvalue weighted by atomic mass is 9.99. The van der Waals surface area contributed by atoms with E-state index in [0.717, 1.165) is 18.8 Å². The van der Waals surface area contributed by atoms with E-state index in [1.807, 2.05) is 13.8 Å². The van der Waals surface area contributed by atoms with Crippen LogP contribution in [0.5, 0.6) is 0 Å². The van der Waals surface area contributed by atoms with E-state index >= 15 is 0 Å². The van der Waals surface area contributed by atoms with Crippen LogP contribution in [0, 0.1) is 5.92 Å². The third-order valence-electron chi connectivity index (χ3n) is 3.81. The van der Waals surface area contributed by atoms with Gasteiger partial charge in [-0.3, -0.25) is 9.59 Å². The monoisotopic (exact) mass is 289 g/mol. The molecule has 0 unspecified atom stereocenters. The number of rotatable bonds is 6. The molecule has 2 amide bonds. The van der Waals surface area contributed by atoms with Crippen LogP contribution in [0.2, 0.25) is 0 Å². The Labute approximate surface area is 125 Å². The molecule has 1 aromatic carbocycles. The van der Waals surface area contributed by atoms with Gasteiger partial charge >= 0.3 is 0 Å². The molecule has 0 aromatic heterocycles. The maximum atomic E-state index is 12.2. The molecule has 0 aliphatic carbocycles. The summed E-state index contributed by atoms with van der Waals surface area (Å²) in [6.45, 7) is 7.17. The number of nitrogens with one attached hydrogen (secondary N) is 2. The van der Waals surface area contributed by atoms with Crippen LogP contribution in [0.4, 0.5) is 5.69 Å². The predicted molar refractivity (Wildman–Crippen MR) is 83.3 cm³/mol. The van der Waals surface area contributed by atoms with Crippen molar-refractivity contribution >= 4 is 17.5 Å². The summed E-state index contributed by atoms with van der Waals surface area (Å²) in [7, 11) is 0. The normalized spacial score (nSPS) is 14.4. The lowest BCUT2D eigenvalue weighted by Crippen LogP contribution is -2.43. The quantitative estimate of drug-likeness (QED) is 0.838. The Balaban J connectivity index is 1.91. The third-order valence-corrected chi connectivity index (χ3v) is 3.81. The SMILES string of the molecule is CCN(CC)C(=O)c1ccc(NC(=O)CC2CNC2)cc1. The van der Waals surface area contributed by atoms with Crippen LogP contribution in [0.3, 0.4) is 0 Å². The van der Waals surface area contributed by atoms with E-state index in [4.69, 9.17) is 0 Å². The number of carbonyl (C=O) groups is 2. The van der Waals surface area contributed by atoms with Crippen molar-refractivity contribution in [3.63, 3.8) is 0 Å². The van der Waals surface area contributed by atoms with Crippen molar-refractivity contribution in [1.29, 1.82) is 0 Å². The molecule has 1 aromatic rings. The van der Waals surface area contributed by atoms with Gasteiger partial charge in [0.25, 0.3) is 5.91 Å². The van der Waals surface area contributed by atoms with Crippen LogP contribution in [-0.4, -0.2) is 42.9 Å². The molecule has 5 heteroatoms. The highest BCUT2D eigenvalue weighted by atomic mass is 16.2. The van der Waals surface area contributed by atoms with Crippen molar-refractivity contribution in [2.24, 2.45) is 5.92 Å². The van der Waals surface area contributed by atoms with Crippen LogP contribution in [0.15, 0.2) is 24.3 Å². The molecule has 1 aliphatic heterocycles. The fraction of sp³-hybridized carbons (Fsp3) is 0.500. The van der Waals surface area contributed by atoms with E-state index < -0.39 is 0 Å². The minimum atomic E-state index is 0.0263. The summed E-state index contributed by atoms with van der Waals surface area (Å²) in [5.41, 5.74) is 1.39. The van der Waals surface area contributed by atoms with Crippen molar-refractivity contribution in [2.75, 3.05) is 31.5 Å². The van der Waals surface area contributed by atoms with Gasteiger partial charge in [0.1, 0.15) is 0 Å². The zero-order valence-corrected chi connectivity index (χ0v) is 12.7. The van der Waals surface area contributed by atoms with Gasteiger partial charge < -0.3 is 15.5 Å². The molecule has 5 nitrogen and oxygen atoms in total. The molecule has 1 aliphatic rings. The van der Waals surface area contributed by atoms with Gasteiger partial charge in [0.15, 0.2) is 0 Å². The average Bonchev–Trinajstić information content (AvgIpc) is 2.45. The van der Waals surface area contributed by atoms with Gasteiger partial charge in [-0.25, -0.2) is 0 Å². The summed E-state index contributed by atoms with van der Waals surface area (Å²) in [6, 6.07) is 7.10. The van der Waals surface area contributed by atoms with Crippen LogP contribution in [0.25, 0.3) is 0 Å². The molecule has 0 radical (unpaired) electrons. The first kappa shape index (κ1) is 15.5. The molecule has 0 bridgehead atoms. The molecule has 0 saturated carbocycles. The van der Waals surface area contributed by atoms with Gasteiger partial charge in [0.2, 0.25) is 5.91 Å². The van der Waals surface area contributed by atoms with Gasteiger partial charge in [0.05, 0.1) is 0 Å². The standard InChI is InChI=1S/C16H23N3O2/c1-3-19(4-2)16(21)13-5-7-14(8-6-13)18-15(20)9-12-10-17-11-12/h5-8,12,17H,3-4,9-11H2,1-2H3,(H,18,20). The Hall–Kier alpha value is -1.88. The van der Waals surface area contributed by atoms with E-state index in [2.05, 4.69) is 10.6 Å². The molecule has 1 fully saturated rings. The second kappa shape index (κ2) is 7.22. The molecule has 1 heterocycles. The first-order chi connectivity index (χ1) is 10.1. The van der Waals surface area contributed by atoms with Crippen molar-refractivity contribution in [2.45, 2.75) is 20.3 Å². The van der Waals surface area contributed by atoms with E-state index in [-0.39, 0.29) is 11.8 Å². The van der Waals surface area contributed by atoms with Gasteiger partial charge in [0, 0.05) is 30.8 Å². The average molecular weight is 289 g/mol. The molecule has 0 atom stereocenters. The summed E-state index contributed by atoms with van der Waals surface area (Å²) in [5.74, 6) is 0.510. The second-order valence-electron chi connectivity index (χ2n) is 5.33. The number of anilines is 1. The molecule has 21 heavy (non-hydrogen) atoms. The highest BCUT2D eigenvalue weighted by molar-refractivity contribution is 5.95. The highest BCUT2D eigenvalue weighted by Crippen LogP contribution is 2.14. The zero-order valence-electron chi connectivity index (χ0n) is 12.7. The fourth-order valence-electron chi connectivity index (χ4n) is 2.36. The summed E-state index contributed by atoms with van der Waals surface area (Å²) in [5, 5.41) is 6.02. The van der Waals surface area contributed by atoms with E-state index in [1.54, 1.807) is 29.2 Å². The van der Waals surface area contributed by atoms with Crippen LogP contribution < -0.4 is 10.6 Å². The van der Waals surface area contributed by atoms with Crippen LogP contribution in [-0.2, 0) is 4.79 Å². The second-order valence-corrected chi connectivity index (χ2v) is 5.33. The summed E-state index contributed by atoms with van der Waals surface area (Å²) in [6.07, 6.45) is 0.549. The molecule has 2 rings (SSSR count). The fourth-order valence-corrected chi connectivity index (χ4v) is 2.36. The zero-order chi connectivity index (χ0) is 15.2. The molecule has 0 spiro atoms. The van der Waals surface area contributed by atoms with Gasteiger partial charge in [-0.05, 0) is 57.1 Å². The maximum absolute atomic E-state index is 12.2. The summed E-state index contributed by atoms with van der Waals surface area (Å²) in [4.78, 5) is 25.8. The molecular weight excluding hydrogens is 266 g/mol. The maximum Gasteiger partial charge on any atom is 0.253 e. The molecule has 114 valence electrons. The Kier molecular flexibility index (Phi) is 5.33. The molecule has 2 N–H and O–H groups in total. The number of nitrogens with zero attached hydrogens (tertiary/aromatic N) is 1. The lowest BCUT2D eigenvalue weighted by molar-refractivity contribution is -0.117. The van der Waals surface area contributed by atoms with E-state index in [0.29, 0.717) is 31.0 Å². The summed E-state index contributed by atoms with van der Waals surface area (Å²) < 4.78 is 0. The highest BCUT2D eigenvalue weighted by Gasteiger charge is 2.20. The van der Waals surface area contributed by atoms with Gasteiger partial charge in [-0.1, -0.05) is 0 Å². The van der Waals surface area contributed by atoms with Gasteiger partial charge in [-0.15, -0.1) is 0 Å². The smallest absolute Gasteiger partial charge is 0.253 e. The topological polar surface area (TPSA) is 61.4 Å². The summed E-state index contributed by atoms with van der Waals surface area (Å²) >= 11 is 0. The minimum absolute atomic E-state index is 0.0263. The van der Waals surface area contributed by atoms with Crippen molar-refractivity contribution in [3.8, 4) is 0 Å². The van der Waals surface area contributed by atoms with Crippen LogP contribution in [0.1, 0.15) is 30.6 Å². The number of amides is 2.